The summed E-state index contributed by atoms with van der Waals surface area (Å²) in [5, 5.41) is 3.54. The Balaban J connectivity index is 2.21. The van der Waals surface area contributed by atoms with Gasteiger partial charge in [-0.3, -0.25) is 0 Å². The molecule has 1 rings (SSSR count). The quantitative estimate of drug-likeness (QED) is 0.606. The van der Waals surface area contributed by atoms with E-state index in [1.165, 1.54) is 12.8 Å². The molecule has 1 N–H and O–H groups in total. The van der Waals surface area contributed by atoms with Crippen LogP contribution in [0.3, 0.4) is 0 Å². The fourth-order valence-electron chi connectivity index (χ4n) is 1.96. The van der Waals surface area contributed by atoms with Gasteiger partial charge in [0.1, 0.15) is 0 Å². The summed E-state index contributed by atoms with van der Waals surface area (Å²) in [5.41, 5.74) is 0. The first-order chi connectivity index (χ1) is 6.79. The summed E-state index contributed by atoms with van der Waals surface area (Å²) in [5.74, 6) is 1.75. The van der Waals surface area contributed by atoms with Gasteiger partial charge in [0.05, 0.1) is 6.61 Å². The molecule has 2 heteroatoms. The second kappa shape index (κ2) is 6.41. The Bertz CT molecular complexity index is 145. The van der Waals surface area contributed by atoms with Crippen molar-refractivity contribution in [2.45, 2.75) is 46.1 Å². The molecule has 2 unspecified atom stereocenters. The van der Waals surface area contributed by atoms with E-state index in [-0.39, 0.29) is 0 Å². The molecule has 1 saturated carbocycles. The van der Waals surface area contributed by atoms with Crippen LogP contribution in [0.4, 0.5) is 0 Å². The molecule has 0 spiro atoms. The number of hydrogen-bond acceptors (Lipinski definition) is 2. The number of likely N-dealkylation sites (N-methyl/N-ethyl adjacent to an activating group) is 1. The first-order valence-electron chi connectivity index (χ1n) is 6.10. The minimum atomic E-state index is 0.569. The molecular weight excluding hydrogens is 174 g/mol. The number of hydrogen-bond donors (Lipinski definition) is 1. The highest BCUT2D eigenvalue weighted by Gasteiger charge is 2.32. The topological polar surface area (TPSA) is 21.3 Å². The maximum atomic E-state index is 5.63. The molecular formula is C12H25NO. The largest absolute Gasteiger partial charge is 0.380 e. The van der Waals surface area contributed by atoms with Gasteiger partial charge in [-0.25, -0.2) is 0 Å². The lowest BCUT2D eigenvalue weighted by molar-refractivity contribution is 0.0927. The molecule has 0 amide bonds. The number of rotatable bonds is 8. The maximum absolute atomic E-state index is 5.63. The zero-order chi connectivity index (χ0) is 10.4. The van der Waals surface area contributed by atoms with Crippen molar-refractivity contribution in [2.75, 3.05) is 19.8 Å². The van der Waals surface area contributed by atoms with Gasteiger partial charge in [0.25, 0.3) is 0 Å². The van der Waals surface area contributed by atoms with Crippen LogP contribution in [0, 0.1) is 11.8 Å². The standard InChI is InChI=1S/C12H25NO/c1-4-8-14-9-12(13-5-2)10(3)11-6-7-11/h10-13H,4-9H2,1-3H3. The van der Waals surface area contributed by atoms with E-state index >= 15 is 0 Å². The van der Waals surface area contributed by atoms with Crippen molar-refractivity contribution in [1.29, 1.82) is 0 Å². The highest BCUT2D eigenvalue weighted by Crippen LogP contribution is 2.38. The number of ether oxygens (including phenoxy) is 1. The summed E-state index contributed by atoms with van der Waals surface area (Å²) in [6.45, 7) is 9.54. The molecule has 0 saturated heterocycles. The van der Waals surface area contributed by atoms with Gasteiger partial charge >= 0.3 is 0 Å². The third kappa shape index (κ3) is 3.97. The van der Waals surface area contributed by atoms with Crippen molar-refractivity contribution >= 4 is 0 Å². The Labute approximate surface area is 88.4 Å². The second-order valence-electron chi connectivity index (χ2n) is 4.44. The molecule has 1 fully saturated rings. The molecule has 0 aliphatic heterocycles. The summed E-state index contributed by atoms with van der Waals surface area (Å²) < 4.78 is 5.63. The van der Waals surface area contributed by atoms with Crippen LogP contribution in [0.15, 0.2) is 0 Å². The predicted molar refractivity (Wildman–Crippen MR) is 60.5 cm³/mol. The van der Waals surface area contributed by atoms with E-state index in [0.29, 0.717) is 6.04 Å². The molecule has 0 aromatic carbocycles. The lowest BCUT2D eigenvalue weighted by Gasteiger charge is -2.24. The zero-order valence-corrected chi connectivity index (χ0v) is 9.88. The van der Waals surface area contributed by atoms with Gasteiger partial charge in [0, 0.05) is 12.6 Å². The lowest BCUT2D eigenvalue weighted by atomic mass is 9.97. The van der Waals surface area contributed by atoms with E-state index in [4.69, 9.17) is 4.74 Å². The Morgan fingerprint density at radius 1 is 1.36 bits per heavy atom. The van der Waals surface area contributed by atoms with Crippen LogP contribution in [0.25, 0.3) is 0 Å². The summed E-state index contributed by atoms with van der Waals surface area (Å²) in [7, 11) is 0. The van der Waals surface area contributed by atoms with Crippen LogP contribution in [0.2, 0.25) is 0 Å². The van der Waals surface area contributed by atoms with Crippen LogP contribution >= 0.6 is 0 Å². The average molecular weight is 199 g/mol. The van der Waals surface area contributed by atoms with Crippen molar-refractivity contribution in [3.63, 3.8) is 0 Å². The van der Waals surface area contributed by atoms with E-state index in [0.717, 1.165) is 38.0 Å². The molecule has 14 heavy (non-hydrogen) atoms. The van der Waals surface area contributed by atoms with Gasteiger partial charge in [0.15, 0.2) is 0 Å². The zero-order valence-electron chi connectivity index (χ0n) is 9.88. The SMILES string of the molecule is CCCOCC(NCC)C(C)C1CC1. The molecule has 2 nitrogen and oxygen atoms in total. The van der Waals surface area contributed by atoms with Crippen molar-refractivity contribution < 1.29 is 4.74 Å². The van der Waals surface area contributed by atoms with Crippen LogP contribution < -0.4 is 5.32 Å². The van der Waals surface area contributed by atoms with Crippen LogP contribution in [0.5, 0.6) is 0 Å². The molecule has 0 aromatic heterocycles. The van der Waals surface area contributed by atoms with Gasteiger partial charge < -0.3 is 10.1 Å². The van der Waals surface area contributed by atoms with Gasteiger partial charge in [-0.1, -0.05) is 20.8 Å². The van der Waals surface area contributed by atoms with Crippen molar-refractivity contribution in [2.24, 2.45) is 11.8 Å². The summed E-state index contributed by atoms with van der Waals surface area (Å²) >= 11 is 0. The van der Waals surface area contributed by atoms with E-state index in [9.17, 15) is 0 Å². The Morgan fingerprint density at radius 3 is 2.57 bits per heavy atom. The van der Waals surface area contributed by atoms with Crippen molar-refractivity contribution in [3.05, 3.63) is 0 Å². The molecule has 0 bridgehead atoms. The van der Waals surface area contributed by atoms with Crippen LogP contribution in [0.1, 0.15) is 40.0 Å². The normalized spacial score (nSPS) is 20.8. The van der Waals surface area contributed by atoms with E-state index in [2.05, 4.69) is 26.1 Å². The fraction of sp³-hybridized carbons (Fsp3) is 1.00. The van der Waals surface area contributed by atoms with Gasteiger partial charge in [-0.2, -0.15) is 0 Å². The first-order valence-corrected chi connectivity index (χ1v) is 6.10. The minimum Gasteiger partial charge on any atom is -0.380 e. The Hall–Kier alpha value is -0.0800. The summed E-state index contributed by atoms with van der Waals surface area (Å²) in [6, 6.07) is 0.569. The monoisotopic (exact) mass is 199 g/mol. The van der Waals surface area contributed by atoms with Crippen molar-refractivity contribution in [3.8, 4) is 0 Å². The lowest BCUT2D eigenvalue weighted by Crippen LogP contribution is -2.39. The summed E-state index contributed by atoms with van der Waals surface area (Å²) in [6.07, 6.45) is 3.98. The van der Waals surface area contributed by atoms with Crippen LogP contribution in [-0.4, -0.2) is 25.8 Å². The molecule has 2 atom stereocenters. The van der Waals surface area contributed by atoms with Gasteiger partial charge in [0.2, 0.25) is 0 Å². The maximum Gasteiger partial charge on any atom is 0.0622 e. The smallest absolute Gasteiger partial charge is 0.0622 e. The highest BCUT2D eigenvalue weighted by molar-refractivity contribution is 4.86. The molecule has 84 valence electrons. The molecule has 0 aromatic rings. The predicted octanol–water partition coefficient (Wildman–Crippen LogP) is 2.44. The van der Waals surface area contributed by atoms with E-state index < -0.39 is 0 Å². The van der Waals surface area contributed by atoms with Crippen molar-refractivity contribution in [1.82, 2.24) is 5.32 Å². The van der Waals surface area contributed by atoms with Gasteiger partial charge in [-0.05, 0) is 37.6 Å². The third-order valence-electron chi connectivity index (χ3n) is 3.11. The number of nitrogens with one attached hydrogen (secondary N) is 1. The Kier molecular flexibility index (Phi) is 5.49. The van der Waals surface area contributed by atoms with Gasteiger partial charge in [-0.15, -0.1) is 0 Å². The third-order valence-corrected chi connectivity index (χ3v) is 3.11. The molecule has 0 heterocycles. The first kappa shape index (κ1) is 12.0. The molecule has 0 radical (unpaired) electrons. The minimum absolute atomic E-state index is 0.569. The van der Waals surface area contributed by atoms with E-state index in [1.54, 1.807) is 0 Å². The fourth-order valence-corrected chi connectivity index (χ4v) is 1.96. The average Bonchev–Trinajstić information content (AvgIpc) is 2.99. The molecule has 1 aliphatic rings. The second-order valence-corrected chi connectivity index (χ2v) is 4.44. The highest BCUT2D eigenvalue weighted by atomic mass is 16.5. The Morgan fingerprint density at radius 2 is 2.07 bits per heavy atom. The summed E-state index contributed by atoms with van der Waals surface area (Å²) in [4.78, 5) is 0. The molecule has 1 aliphatic carbocycles. The van der Waals surface area contributed by atoms with E-state index in [1.807, 2.05) is 0 Å². The van der Waals surface area contributed by atoms with Crippen LogP contribution in [-0.2, 0) is 4.74 Å².